The zero-order valence-corrected chi connectivity index (χ0v) is 14.1. The Morgan fingerprint density at radius 1 is 1.18 bits per heavy atom. The van der Waals surface area contributed by atoms with Crippen LogP contribution in [-0.2, 0) is 9.47 Å². The maximum Gasteiger partial charge on any atom is 0.191 e. The molecule has 0 amide bonds. The summed E-state index contributed by atoms with van der Waals surface area (Å²) in [6, 6.07) is 1.34. The third-order valence-corrected chi connectivity index (χ3v) is 4.60. The molecule has 1 heterocycles. The SMILES string of the molecule is CN=C(NCCOCCOC)NC1CCN(C2CCCC2)C1. The average molecular weight is 312 g/mol. The Labute approximate surface area is 134 Å². The van der Waals surface area contributed by atoms with Crippen molar-refractivity contribution < 1.29 is 9.47 Å². The van der Waals surface area contributed by atoms with Gasteiger partial charge in [0.2, 0.25) is 0 Å². The molecular weight excluding hydrogens is 280 g/mol. The van der Waals surface area contributed by atoms with Crippen LogP contribution in [0.5, 0.6) is 0 Å². The van der Waals surface area contributed by atoms with Gasteiger partial charge in [0.15, 0.2) is 5.96 Å². The summed E-state index contributed by atoms with van der Waals surface area (Å²) in [5, 5.41) is 6.85. The summed E-state index contributed by atoms with van der Waals surface area (Å²) in [6.07, 6.45) is 6.80. The summed E-state index contributed by atoms with van der Waals surface area (Å²) < 4.78 is 10.4. The van der Waals surface area contributed by atoms with E-state index in [2.05, 4.69) is 20.5 Å². The summed E-state index contributed by atoms with van der Waals surface area (Å²) in [6.45, 7) is 5.09. The Hall–Kier alpha value is -0.850. The minimum atomic E-state index is 0.515. The van der Waals surface area contributed by atoms with Crippen molar-refractivity contribution in [3.05, 3.63) is 0 Å². The van der Waals surface area contributed by atoms with E-state index in [9.17, 15) is 0 Å². The number of aliphatic imine (C=N–C) groups is 1. The first-order valence-electron chi connectivity index (χ1n) is 8.61. The van der Waals surface area contributed by atoms with Crippen LogP contribution in [0.1, 0.15) is 32.1 Å². The number of nitrogens with one attached hydrogen (secondary N) is 2. The molecule has 128 valence electrons. The van der Waals surface area contributed by atoms with Crippen LogP contribution in [0, 0.1) is 0 Å². The lowest BCUT2D eigenvalue weighted by Gasteiger charge is -2.24. The lowest BCUT2D eigenvalue weighted by atomic mass is 10.2. The minimum Gasteiger partial charge on any atom is -0.382 e. The summed E-state index contributed by atoms with van der Waals surface area (Å²) in [5.41, 5.74) is 0. The molecule has 1 saturated carbocycles. The summed E-state index contributed by atoms with van der Waals surface area (Å²) >= 11 is 0. The van der Waals surface area contributed by atoms with Gasteiger partial charge >= 0.3 is 0 Å². The van der Waals surface area contributed by atoms with Crippen molar-refractivity contribution in [1.29, 1.82) is 0 Å². The Kier molecular flexibility index (Phi) is 7.98. The highest BCUT2D eigenvalue weighted by Gasteiger charge is 2.30. The Bertz CT molecular complexity index is 332. The average Bonchev–Trinajstić information content (AvgIpc) is 3.20. The number of likely N-dealkylation sites (tertiary alicyclic amines) is 1. The first-order chi connectivity index (χ1) is 10.8. The van der Waals surface area contributed by atoms with Crippen LogP contribution >= 0.6 is 0 Å². The van der Waals surface area contributed by atoms with E-state index in [1.165, 1.54) is 38.6 Å². The number of methoxy groups -OCH3 is 1. The van der Waals surface area contributed by atoms with Gasteiger partial charge in [0.1, 0.15) is 0 Å². The Balaban J connectivity index is 1.59. The summed E-state index contributed by atoms with van der Waals surface area (Å²) in [7, 11) is 3.51. The number of guanidine groups is 1. The van der Waals surface area contributed by atoms with Gasteiger partial charge in [-0.2, -0.15) is 0 Å². The number of rotatable bonds is 8. The van der Waals surface area contributed by atoms with Crippen molar-refractivity contribution in [2.45, 2.75) is 44.2 Å². The van der Waals surface area contributed by atoms with Crippen molar-refractivity contribution in [1.82, 2.24) is 15.5 Å². The van der Waals surface area contributed by atoms with Crippen molar-refractivity contribution in [3.63, 3.8) is 0 Å². The van der Waals surface area contributed by atoms with Gasteiger partial charge in [-0.3, -0.25) is 9.89 Å². The lowest BCUT2D eigenvalue weighted by molar-refractivity contribution is 0.0733. The molecular formula is C16H32N4O2. The second kappa shape index (κ2) is 10.0. The number of ether oxygens (including phenoxy) is 2. The van der Waals surface area contributed by atoms with Gasteiger partial charge in [-0.25, -0.2) is 0 Å². The van der Waals surface area contributed by atoms with E-state index in [4.69, 9.17) is 9.47 Å². The normalized spacial score (nSPS) is 24.1. The summed E-state index contributed by atoms with van der Waals surface area (Å²) in [5.74, 6) is 0.883. The molecule has 2 aliphatic rings. The molecule has 0 spiro atoms. The molecule has 0 aromatic carbocycles. The molecule has 6 heteroatoms. The maximum atomic E-state index is 5.44. The molecule has 0 bridgehead atoms. The van der Waals surface area contributed by atoms with Crippen LogP contribution < -0.4 is 10.6 Å². The molecule has 2 rings (SSSR count). The van der Waals surface area contributed by atoms with E-state index in [1.807, 2.05) is 7.05 Å². The van der Waals surface area contributed by atoms with Crippen LogP contribution in [0.25, 0.3) is 0 Å². The van der Waals surface area contributed by atoms with E-state index < -0.39 is 0 Å². The molecule has 0 aromatic rings. The fourth-order valence-corrected chi connectivity index (χ4v) is 3.38. The van der Waals surface area contributed by atoms with Crippen LogP contribution in [0.2, 0.25) is 0 Å². The Morgan fingerprint density at radius 3 is 2.73 bits per heavy atom. The second-order valence-corrected chi connectivity index (χ2v) is 6.17. The fraction of sp³-hybridized carbons (Fsp3) is 0.938. The van der Waals surface area contributed by atoms with Gasteiger partial charge in [-0.15, -0.1) is 0 Å². The van der Waals surface area contributed by atoms with Crippen LogP contribution in [0.3, 0.4) is 0 Å². The molecule has 2 fully saturated rings. The molecule has 22 heavy (non-hydrogen) atoms. The van der Waals surface area contributed by atoms with E-state index >= 15 is 0 Å². The number of hydrogen-bond acceptors (Lipinski definition) is 4. The molecule has 0 radical (unpaired) electrons. The standard InChI is InChI=1S/C16H32N4O2/c1-17-16(18-8-10-22-12-11-21-2)19-14-7-9-20(13-14)15-5-3-4-6-15/h14-15H,3-13H2,1-2H3,(H2,17,18,19). The van der Waals surface area contributed by atoms with Gasteiger partial charge in [0, 0.05) is 45.9 Å². The first kappa shape index (κ1) is 17.5. The van der Waals surface area contributed by atoms with Gasteiger partial charge < -0.3 is 20.1 Å². The van der Waals surface area contributed by atoms with Gasteiger partial charge in [-0.1, -0.05) is 12.8 Å². The number of nitrogens with zero attached hydrogens (tertiary/aromatic N) is 2. The molecule has 1 aliphatic carbocycles. The lowest BCUT2D eigenvalue weighted by Crippen LogP contribution is -2.46. The van der Waals surface area contributed by atoms with E-state index in [0.29, 0.717) is 25.9 Å². The fourth-order valence-electron chi connectivity index (χ4n) is 3.38. The highest BCUT2D eigenvalue weighted by molar-refractivity contribution is 5.80. The second-order valence-electron chi connectivity index (χ2n) is 6.17. The smallest absolute Gasteiger partial charge is 0.191 e. The van der Waals surface area contributed by atoms with Gasteiger partial charge in [0.25, 0.3) is 0 Å². The van der Waals surface area contributed by atoms with Crippen LogP contribution in [0.4, 0.5) is 0 Å². The molecule has 0 aromatic heterocycles. The van der Waals surface area contributed by atoms with Crippen molar-refractivity contribution in [2.24, 2.45) is 4.99 Å². The molecule has 6 nitrogen and oxygen atoms in total. The van der Waals surface area contributed by atoms with E-state index in [-0.39, 0.29) is 0 Å². The molecule has 2 N–H and O–H groups in total. The zero-order chi connectivity index (χ0) is 15.6. The monoisotopic (exact) mass is 312 g/mol. The molecule has 1 saturated heterocycles. The van der Waals surface area contributed by atoms with E-state index in [0.717, 1.165) is 25.1 Å². The molecule has 1 atom stereocenters. The third-order valence-electron chi connectivity index (χ3n) is 4.60. The highest BCUT2D eigenvalue weighted by atomic mass is 16.5. The topological polar surface area (TPSA) is 58.1 Å². The molecule has 1 aliphatic heterocycles. The van der Waals surface area contributed by atoms with Crippen molar-refractivity contribution >= 4 is 5.96 Å². The predicted molar refractivity (Wildman–Crippen MR) is 89.4 cm³/mol. The van der Waals surface area contributed by atoms with Crippen molar-refractivity contribution in [2.75, 3.05) is 53.6 Å². The Morgan fingerprint density at radius 2 is 2.00 bits per heavy atom. The predicted octanol–water partition coefficient (Wildman–Crippen LogP) is 0.831. The summed E-state index contributed by atoms with van der Waals surface area (Å²) in [4.78, 5) is 6.96. The minimum absolute atomic E-state index is 0.515. The van der Waals surface area contributed by atoms with Crippen LogP contribution in [-0.4, -0.2) is 76.6 Å². The van der Waals surface area contributed by atoms with Gasteiger partial charge in [-0.05, 0) is 19.3 Å². The van der Waals surface area contributed by atoms with Crippen molar-refractivity contribution in [3.8, 4) is 0 Å². The molecule has 1 unspecified atom stereocenters. The zero-order valence-electron chi connectivity index (χ0n) is 14.1. The third kappa shape index (κ3) is 5.74. The van der Waals surface area contributed by atoms with E-state index in [1.54, 1.807) is 7.11 Å². The quantitative estimate of drug-likeness (QED) is 0.395. The first-order valence-corrected chi connectivity index (χ1v) is 8.61. The highest BCUT2D eigenvalue weighted by Crippen LogP contribution is 2.26. The number of hydrogen-bond donors (Lipinski definition) is 2. The van der Waals surface area contributed by atoms with Gasteiger partial charge in [0.05, 0.1) is 19.8 Å². The van der Waals surface area contributed by atoms with Crippen LogP contribution in [0.15, 0.2) is 4.99 Å². The maximum absolute atomic E-state index is 5.44. The largest absolute Gasteiger partial charge is 0.382 e.